The molecule has 0 N–H and O–H groups in total. The van der Waals surface area contributed by atoms with E-state index in [2.05, 4.69) is 25.4 Å². The van der Waals surface area contributed by atoms with Crippen molar-refractivity contribution in [2.45, 2.75) is 18.7 Å². The van der Waals surface area contributed by atoms with Crippen LogP contribution in [0, 0.1) is 0 Å². The van der Waals surface area contributed by atoms with Crippen molar-refractivity contribution in [3.63, 3.8) is 0 Å². The number of esters is 2. The van der Waals surface area contributed by atoms with E-state index in [-0.39, 0.29) is 13.2 Å². The molecule has 0 aromatic carbocycles. The lowest BCUT2D eigenvalue weighted by molar-refractivity contribution is -0.156. The Bertz CT molecular complexity index is 238. The summed E-state index contributed by atoms with van der Waals surface area (Å²) in [7, 11) is 0. The fourth-order valence-electron chi connectivity index (χ4n) is 0.628. The number of Topliss-reactive ketones (excluding diaryl/α,β-unsaturated/α-hetero) is 1. The molecule has 0 aliphatic carbocycles. The van der Waals surface area contributed by atoms with E-state index in [0.717, 1.165) is 0 Å². The first-order valence-corrected chi connectivity index (χ1v) is 4.97. The van der Waals surface area contributed by atoms with Gasteiger partial charge in [0.15, 0.2) is 4.83 Å². The molecule has 0 radical (unpaired) electrons. The van der Waals surface area contributed by atoms with Gasteiger partial charge in [-0.15, -0.1) is 0 Å². The Morgan fingerprint density at radius 3 is 2.07 bits per heavy atom. The average Bonchev–Trinajstić information content (AvgIpc) is 2.16. The van der Waals surface area contributed by atoms with Gasteiger partial charge >= 0.3 is 11.9 Å². The molecular weight excluding hydrogens is 256 g/mol. The molecule has 0 rings (SSSR count). The van der Waals surface area contributed by atoms with Gasteiger partial charge in [-0.2, -0.15) is 0 Å². The minimum Gasteiger partial charge on any atom is -0.465 e. The van der Waals surface area contributed by atoms with Crippen molar-refractivity contribution in [3.05, 3.63) is 0 Å². The highest BCUT2D eigenvalue weighted by molar-refractivity contribution is 9.10. The zero-order valence-corrected chi connectivity index (χ0v) is 9.50. The maximum absolute atomic E-state index is 11.1. The Morgan fingerprint density at radius 2 is 1.64 bits per heavy atom. The summed E-state index contributed by atoms with van der Waals surface area (Å²) in [6.45, 7) is 3.41. The number of carbonyl (C=O) groups excluding carboxylic acids is 3. The van der Waals surface area contributed by atoms with Gasteiger partial charge in [0.05, 0.1) is 13.2 Å². The first-order chi connectivity index (χ1) is 6.54. The van der Waals surface area contributed by atoms with E-state index in [1.165, 1.54) is 0 Å². The fraction of sp³-hybridized carbons (Fsp3) is 0.625. The largest absolute Gasteiger partial charge is 0.465 e. The molecule has 0 aromatic heterocycles. The summed E-state index contributed by atoms with van der Waals surface area (Å²) in [5.74, 6) is -2.78. The van der Waals surface area contributed by atoms with E-state index in [1.807, 2.05) is 0 Å². The summed E-state index contributed by atoms with van der Waals surface area (Å²) in [6, 6.07) is 0. The molecule has 1 atom stereocenters. The maximum atomic E-state index is 11.1. The number of ether oxygens (including phenoxy) is 2. The molecular formula is C8H11BrO5. The highest BCUT2D eigenvalue weighted by Crippen LogP contribution is 2.05. The normalized spacial score (nSPS) is 11.6. The van der Waals surface area contributed by atoms with Crippen LogP contribution in [-0.4, -0.2) is 35.8 Å². The summed E-state index contributed by atoms with van der Waals surface area (Å²) < 4.78 is 8.97. The van der Waals surface area contributed by atoms with E-state index in [0.29, 0.717) is 0 Å². The first kappa shape index (κ1) is 13.1. The van der Waals surface area contributed by atoms with Gasteiger partial charge in [-0.1, -0.05) is 15.9 Å². The third kappa shape index (κ3) is 3.87. The van der Waals surface area contributed by atoms with Crippen LogP contribution in [0.3, 0.4) is 0 Å². The van der Waals surface area contributed by atoms with E-state index in [4.69, 9.17) is 0 Å². The summed E-state index contributed by atoms with van der Waals surface area (Å²) >= 11 is 2.76. The number of alkyl halides is 1. The van der Waals surface area contributed by atoms with Crippen LogP contribution in [0.15, 0.2) is 0 Å². The van der Waals surface area contributed by atoms with Gasteiger partial charge in [0.25, 0.3) is 5.78 Å². The molecule has 6 heteroatoms. The third-order valence-corrected chi connectivity index (χ3v) is 1.99. The fourth-order valence-corrected chi connectivity index (χ4v) is 0.947. The maximum Gasteiger partial charge on any atom is 0.376 e. The zero-order valence-electron chi connectivity index (χ0n) is 7.91. The molecule has 0 saturated heterocycles. The Hall–Kier alpha value is -0.910. The molecule has 80 valence electrons. The zero-order chi connectivity index (χ0) is 11.1. The smallest absolute Gasteiger partial charge is 0.376 e. The van der Waals surface area contributed by atoms with Gasteiger partial charge in [0, 0.05) is 0 Å². The quantitative estimate of drug-likeness (QED) is 0.313. The van der Waals surface area contributed by atoms with Gasteiger partial charge in [-0.05, 0) is 13.8 Å². The second kappa shape index (κ2) is 6.53. The van der Waals surface area contributed by atoms with Crippen LogP contribution in [0.25, 0.3) is 0 Å². The minimum atomic E-state index is -1.28. The molecule has 0 spiro atoms. The summed E-state index contributed by atoms with van der Waals surface area (Å²) in [4.78, 5) is 31.7. The van der Waals surface area contributed by atoms with Crippen molar-refractivity contribution in [2.24, 2.45) is 0 Å². The van der Waals surface area contributed by atoms with Crippen molar-refractivity contribution < 1.29 is 23.9 Å². The number of halogens is 1. The van der Waals surface area contributed by atoms with Crippen molar-refractivity contribution in [2.75, 3.05) is 13.2 Å². The SMILES string of the molecule is CCOC(=O)C(=O)[C@@H](Br)C(=O)OCC. The van der Waals surface area contributed by atoms with Gasteiger partial charge < -0.3 is 9.47 Å². The van der Waals surface area contributed by atoms with Crippen molar-refractivity contribution in [1.82, 2.24) is 0 Å². The van der Waals surface area contributed by atoms with E-state index in [1.54, 1.807) is 13.8 Å². The van der Waals surface area contributed by atoms with E-state index in [9.17, 15) is 14.4 Å². The molecule has 0 amide bonds. The van der Waals surface area contributed by atoms with E-state index < -0.39 is 22.5 Å². The third-order valence-electron chi connectivity index (χ3n) is 1.20. The van der Waals surface area contributed by atoms with Crippen LogP contribution >= 0.6 is 15.9 Å². The van der Waals surface area contributed by atoms with Crippen LogP contribution in [0.5, 0.6) is 0 Å². The molecule has 0 fully saturated rings. The van der Waals surface area contributed by atoms with Gasteiger partial charge in [-0.25, -0.2) is 4.79 Å². The van der Waals surface area contributed by atoms with Crippen LogP contribution in [-0.2, 0) is 23.9 Å². The molecule has 0 aromatic rings. The topological polar surface area (TPSA) is 69.7 Å². The average molecular weight is 267 g/mol. The van der Waals surface area contributed by atoms with Crippen LogP contribution in [0.2, 0.25) is 0 Å². The summed E-state index contributed by atoms with van der Waals surface area (Å²) in [5, 5.41) is 0. The Labute approximate surface area is 89.9 Å². The van der Waals surface area contributed by atoms with Gasteiger partial charge in [0.1, 0.15) is 0 Å². The number of carbonyl (C=O) groups is 3. The second-order valence-corrected chi connectivity index (χ2v) is 3.12. The standard InChI is InChI=1S/C8H11BrO5/c1-3-13-7(11)5(9)6(10)8(12)14-4-2/h5H,3-4H2,1-2H3/t5-/m1/s1. The monoisotopic (exact) mass is 266 g/mol. The lowest BCUT2D eigenvalue weighted by Gasteiger charge is -2.06. The Kier molecular flexibility index (Phi) is 6.11. The lowest BCUT2D eigenvalue weighted by Crippen LogP contribution is -2.33. The lowest BCUT2D eigenvalue weighted by atomic mass is 10.3. The molecule has 5 nitrogen and oxygen atoms in total. The first-order valence-electron chi connectivity index (χ1n) is 4.06. The highest BCUT2D eigenvalue weighted by atomic mass is 79.9. The molecule has 0 aliphatic rings. The van der Waals surface area contributed by atoms with Gasteiger partial charge in [-0.3, -0.25) is 9.59 Å². The second-order valence-electron chi connectivity index (χ2n) is 2.20. The molecule has 14 heavy (non-hydrogen) atoms. The molecule has 0 heterocycles. The minimum absolute atomic E-state index is 0.0904. The van der Waals surface area contributed by atoms with Crippen LogP contribution in [0.1, 0.15) is 13.8 Å². The molecule has 0 unspecified atom stereocenters. The van der Waals surface area contributed by atoms with Gasteiger partial charge in [0.2, 0.25) is 0 Å². The number of hydrogen-bond acceptors (Lipinski definition) is 5. The van der Waals surface area contributed by atoms with E-state index >= 15 is 0 Å². The molecule has 0 saturated carbocycles. The molecule has 0 bridgehead atoms. The summed E-state index contributed by atoms with van der Waals surface area (Å²) in [6.07, 6.45) is 0. The number of rotatable bonds is 5. The van der Waals surface area contributed by atoms with Crippen molar-refractivity contribution in [1.29, 1.82) is 0 Å². The number of ketones is 1. The predicted molar refractivity (Wildman–Crippen MR) is 51.0 cm³/mol. The Balaban J connectivity index is 4.24. The highest BCUT2D eigenvalue weighted by Gasteiger charge is 2.31. The predicted octanol–water partition coefficient (Wildman–Crippen LogP) is 0.445. The number of hydrogen-bond donors (Lipinski definition) is 0. The van der Waals surface area contributed by atoms with Crippen LogP contribution < -0.4 is 0 Å². The Morgan fingerprint density at radius 1 is 1.14 bits per heavy atom. The van der Waals surface area contributed by atoms with Crippen LogP contribution in [0.4, 0.5) is 0 Å². The summed E-state index contributed by atoms with van der Waals surface area (Å²) in [5.41, 5.74) is 0. The van der Waals surface area contributed by atoms with Crippen molar-refractivity contribution >= 4 is 33.7 Å². The molecule has 0 aliphatic heterocycles. The van der Waals surface area contributed by atoms with Crippen molar-refractivity contribution in [3.8, 4) is 0 Å².